The topological polar surface area (TPSA) is 42.5 Å². The summed E-state index contributed by atoms with van der Waals surface area (Å²) in [5, 5.41) is 6.99. The van der Waals surface area contributed by atoms with E-state index in [1.165, 1.54) is 0 Å². The van der Waals surface area contributed by atoms with Gasteiger partial charge < -0.3 is 20.1 Å². The Morgan fingerprint density at radius 2 is 1.41 bits per heavy atom. The SMILES string of the molecule is COc1ccc(NC(=S)N[C@H](C)c2ccc(OC)cc2)cc1. The van der Waals surface area contributed by atoms with E-state index in [4.69, 9.17) is 21.7 Å². The van der Waals surface area contributed by atoms with Gasteiger partial charge in [-0.3, -0.25) is 0 Å². The van der Waals surface area contributed by atoms with Crippen molar-refractivity contribution in [3.63, 3.8) is 0 Å². The third-order valence-electron chi connectivity index (χ3n) is 3.31. The van der Waals surface area contributed by atoms with Crippen LogP contribution in [0.3, 0.4) is 0 Å². The molecule has 0 spiro atoms. The third-order valence-corrected chi connectivity index (χ3v) is 3.53. The van der Waals surface area contributed by atoms with E-state index >= 15 is 0 Å². The highest BCUT2D eigenvalue weighted by atomic mass is 32.1. The summed E-state index contributed by atoms with van der Waals surface area (Å²) in [5.41, 5.74) is 2.06. The molecule has 2 aromatic rings. The van der Waals surface area contributed by atoms with Crippen LogP contribution in [0.2, 0.25) is 0 Å². The lowest BCUT2D eigenvalue weighted by Gasteiger charge is -2.17. The number of ether oxygens (including phenoxy) is 2. The van der Waals surface area contributed by atoms with E-state index in [1.807, 2.05) is 48.5 Å². The minimum absolute atomic E-state index is 0.101. The Balaban J connectivity index is 1.92. The first-order chi connectivity index (χ1) is 10.6. The molecule has 0 saturated carbocycles. The van der Waals surface area contributed by atoms with Crippen LogP contribution in [-0.4, -0.2) is 19.3 Å². The molecule has 0 bridgehead atoms. The first-order valence-electron chi connectivity index (χ1n) is 6.98. The van der Waals surface area contributed by atoms with Crippen LogP contribution >= 0.6 is 12.2 Å². The molecule has 2 rings (SSSR count). The smallest absolute Gasteiger partial charge is 0.171 e. The van der Waals surface area contributed by atoms with Gasteiger partial charge in [0.05, 0.1) is 20.3 Å². The summed E-state index contributed by atoms with van der Waals surface area (Å²) in [6.45, 7) is 2.06. The van der Waals surface area contributed by atoms with Crippen LogP contribution in [0, 0.1) is 0 Å². The van der Waals surface area contributed by atoms with Crippen molar-refractivity contribution in [2.45, 2.75) is 13.0 Å². The molecular weight excluding hydrogens is 296 g/mol. The number of benzene rings is 2. The van der Waals surface area contributed by atoms with Crippen molar-refractivity contribution in [1.29, 1.82) is 0 Å². The lowest BCUT2D eigenvalue weighted by molar-refractivity contribution is 0.414. The second-order valence-corrected chi connectivity index (χ2v) is 5.23. The van der Waals surface area contributed by atoms with Crippen LogP contribution in [0.15, 0.2) is 48.5 Å². The summed E-state index contributed by atoms with van der Waals surface area (Å²) in [4.78, 5) is 0. The molecule has 0 unspecified atom stereocenters. The van der Waals surface area contributed by atoms with Gasteiger partial charge in [-0.15, -0.1) is 0 Å². The molecule has 2 aromatic carbocycles. The summed E-state index contributed by atoms with van der Waals surface area (Å²) in [7, 11) is 3.30. The minimum Gasteiger partial charge on any atom is -0.497 e. The fourth-order valence-electron chi connectivity index (χ4n) is 2.01. The van der Waals surface area contributed by atoms with Crippen LogP contribution in [0.25, 0.3) is 0 Å². The summed E-state index contributed by atoms with van der Waals surface area (Å²) >= 11 is 5.34. The number of anilines is 1. The summed E-state index contributed by atoms with van der Waals surface area (Å²) in [6, 6.07) is 15.6. The highest BCUT2D eigenvalue weighted by molar-refractivity contribution is 7.80. The predicted molar refractivity (Wildman–Crippen MR) is 93.8 cm³/mol. The molecule has 0 amide bonds. The van der Waals surface area contributed by atoms with E-state index in [1.54, 1.807) is 14.2 Å². The standard InChI is InChI=1S/C17H20N2O2S/c1-12(13-4-8-15(20-2)9-5-13)18-17(22)19-14-6-10-16(21-3)11-7-14/h4-12H,1-3H3,(H2,18,19,22)/t12-/m1/s1. The molecule has 0 aliphatic rings. The fraction of sp³-hybridized carbons (Fsp3) is 0.235. The molecule has 0 saturated heterocycles. The van der Waals surface area contributed by atoms with Gasteiger partial charge in [0, 0.05) is 5.69 Å². The number of hydrogen-bond donors (Lipinski definition) is 2. The van der Waals surface area contributed by atoms with E-state index in [0.717, 1.165) is 22.7 Å². The quantitative estimate of drug-likeness (QED) is 0.822. The normalized spacial score (nSPS) is 11.4. The van der Waals surface area contributed by atoms with Gasteiger partial charge in [0.15, 0.2) is 5.11 Å². The third kappa shape index (κ3) is 4.36. The maximum Gasteiger partial charge on any atom is 0.171 e. The zero-order chi connectivity index (χ0) is 15.9. The summed E-state index contributed by atoms with van der Waals surface area (Å²) in [5.74, 6) is 1.66. The Bertz CT molecular complexity index is 612. The predicted octanol–water partition coefficient (Wildman–Crippen LogP) is 3.75. The highest BCUT2D eigenvalue weighted by Crippen LogP contribution is 2.18. The lowest BCUT2D eigenvalue weighted by atomic mass is 10.1. The molecule has 4 nitrogen and oxygen atoms in total. The number of hydrogen-bond acceptors (Lipinski definition) is 3. The summed E-state index contributed by atoms with van der Waals surface area (Å²) < 4.78 is 10.3. The maximum absolute atomic E-state index is 5.34. The van der Waals surface area contributed by atoms with Crippen LogP contribution in [0.4, 0.5) is 5.69 Å². The number of methoxy groups -OCH3 is 2. The second-order valence-electron chi connectivity index (χ2n) is 4.82. The monoisotopic (exact) mass is 316 g/mol. The van der Waals surface area contributed by atoms with Crippen LogP contribution < -0.4 is 20.1 Å². The Morgan fingerprint density at radius 3 is 1.91 bits per heavy atom. The molecule has 1 atom stereocenters. The van der Waals surface area contributed by atoms with Gasteiger partial charge in [-0.2, -0.15) is 0 Å². The van der Waals surface area contributed by atoms with Crippen molar-refractivity contribution in [1.82, 2.24) is 5.32 Å². The maximum atomic E-state index is 5.34. The van der Waals surface area contributed by atoms with E-state index in [-0.39, 0.29) is 6.04 Å². The molecule has 0 aromatic heterocycles. The van der Waals surface area contributed by atoms with Crippen molar-refractivity contribution in [2.24, 2.45) is 0 Å². The molecule has 0 fully saturated rings. The molecule has 2 N–H and O–H groups in total. The minimum atomic E-state index is 0.101. The molecule has 5 heteroatoms. The van der Waals surface area contributed by atoms with E-state index in [0.29, 0.717) is 5.11 Å². The van der Waals surface area contributed by atoms with Gasteiger partial charge >= 0.3 is 0 Å². The number of rotatable bonds is 5. The number of thiocarbonyl (C=S) groups is 1. The first-order valence-corrected chi connectivity index (χ1v) is 7.38. The van der Waals surface area contributed by atoms with Gasteiger partial charge in [-0.05, 0) is 61.1 Å². The zero-order valence-electron chi connectivity index (χ0n) is 12.9. The average Bonchev–Trinajstić information content (AvgIpc) is 2.55. The number of nitrogens with one attached hydrogen (secondary N) is 2. The lowest BCUT2D eigenvalue weighted by Crippen LogP contribution is -2.30. The van der Waals surface area contributed by atoms with E-state index in [9.17, 15) is 0 Å². The molecule has 0 heterocycles. The zero-order valence-corrected chi connectivity index (χ0v) is 13.7. The van der Waals surface area contributed by atoms with E-state index < -0.39 is 0 Å². The van der Waals surface area contributed by atoms with Crippen molar-refractivity contribution in [2.75, 3.05) is 19.5 Å². The van der Waals surface area contributed by atoms with Crippen molar-refractivity contribution in [3.8, 4) is 11.5 Å². The first kappa shape index (κ1) is 16.1. The van der Waals surface area contributed by atoms with Gasteiger partial charge in [-0.25, -0.2) is 0 Å². The van der Waals surface area contributed by atoms with E-state index in [2.05, 4.69) is 17.6 Å². The molecule has 0 radical (unpaired) electrons. The largest absolute Gasteiger partial charge is 0.497 e. The second kappa shape index (κ2) is 7.66. The molecular formula is C17H20N2O2S. The van der Waals surface area contributed by atoms with Crippen molar-refractivity contribution >= 4 is 23.0 Å². The van der Waals surface area contributed by atoms with Crippen LogP contribution in [-0.2, 0) is 0 Å². The van der Waals surface area contributed by atoms with Crippen LogP contribution in [0.1, 0.15) is 18.5 Å². The molecule has 0 aliphatic carbocycles. The van der Waals surface area contributed by atoms with Gasteiger partial charge in [0.2, 0.25) is 0 Å². The fourth-order valence-corrected chi connectivity index (χ4v) is 2.31. The average molecular weight is 316 g/mol. The Morgan fingerprint density at radius 1 is 0.909 bits per heavy atom. The molecule has 116 valence electrons. The Hall–Kier alpha value is -2.27. The molecule has 22 heavy (non-hydrogen) atoms. The Kier molecular flexibility index (Phi) is 5.61. The Labute approximate surface area is 136 Å². The van der Waals surface area contributed by atoms with Gasteiger partial charge in [0.1, 0.15) is 11.5 Å². The summed E-state index contributed by atoms with van der Waals surface area (Å²) in [6.07, 6.45) is 0. The van der Waals surface area contributed by atoms with Gasteiger partial charge in [0.25, 0.3) is 0 Å². The van der Waals surface area contributed by atoms with Crippen molar-refractivity contribution < 1.29 is 9.47 Å². The molecule has 0 aliphatic heterocycles. The van der Waals surface area contributed by atoms with Gasteiger partial charge in [-0.1, -0.05) is 12.1 Å². The highest BCUT2D eigenvalue weighted by Gasteiger charge is 2.07. The van der Waals surface area contributed by atoms with Crippen LogP contribution in [0.5, 0.6) is 11.5 Å². The van der Waals surface area contributed by atoms with Crippen molar-refractivity contribution in [3.05, 3.63) is 54.1 Å².